The molecule has 0 aromatic heterocycles. The molecule has 1 rings (SSSR count). The molecule has 0 atom stereocenters. The first kappa shape index (κ1) is 15.1. The summed E-state index contributed by atoms with van der Waals surface area (Å²) < 4.78 is 11.0. The number of ether oxygens (including phenoxy) is 2. The summed E-state index contributed by atoms with van der Waals surface area (Å²) in [5.41, 5.74) is 0. The molecule has 0 aliphatic carbocycles. The average molecular weight is 272 g/mol. The molecule has 0 aliphatic rings. The largest absolute Gasteiger partial charge is 0.493 e. The summed E-state index contributed by atoms with van der Waals surface area (Å²) in [6.45, 7) is 5.67. The van der Waals surface area contributed by atoms with Gasteiger partial charge in [0.25, 0.3) is 0 Å². The van der Waals surface area contributed by atoms with Crippen LogP contribution in [0.2, 0.25) is 0 Å². The molecule has 0 spiro atoms. The SMILES string of the molecule is CCCN(CCCl)CCOc1ccccc1OC. The molecule has 1 aromatic rings. The Labute approximate surface area is 115 Å². The van der Waals surface area contributed by atoms with Crippen molar-refractivity contribution in [3.8, 4) is 11.5 Å². The van der Waals surface area contributed by atoms with Gasteiger partial charge in [0.1, 0.15) is 6.61 Å². The minimum atomic E-state index is 0.650. The summed E-state index contributed by atoms with van der Waals surface area (Å²) in [6.07, 6.45) is 1.13. The van der Waals surface area contributed by atoms with Gasteiger partial charge in [0.2, 0.25) is 0 Å². The Bertz CT molecular complexity index is 327. The second-order valence-corrected chi connectivity index (χ2v) is 4.41. The maximum absolute atomic E-state index is 5.77. The number of halogens is 1. The van der Waals surface area contributed by atoms with Gasteiger partial charge in [0.05, 0.1) is 7.11 Å². The number of hydrogen-bond donors (Lipinski definition) is 0. The van der Waals surface area contributed by atoms with Crippen LogP contribution in [0.25, 0.3) is 0 Å². The fourth-order valence-corrected chi connectivity index (χ4v) is 2.03. The monoisotopic (exact) mass is 271 g/mol. The Balaban J connectivity index is 2.39. The fraction of sp³-hybridized carbons (Fsp3) is 0.571. The van der Waals surface area contributed by atoms with Gasteiger partial charge in [-0.2, -0.15) is 0 Å². The molecule has 0 saturated carbocycles. The number of rotatable bonds is 9. The molecule has 0 N–H and O–H groups in total. The average Bonchev–Trinajstić information content (AvgIpc) is 2.40. The minimum Gasteiger partial charge on any atom is -0.493 e. The summed E-state index contributed by atoms with van der Waals surface area (Å²) >= 11 is 5.77. The van der Waals surface area contributed by atoms with E-state index in [0.29, 0.717) is 12.5 Å². The predicted molar refractivity (Wildman–Crippen MR) is 75.9 cm³/mol. The molecule has 0 bridgehead atoms. The number of nitrogens with zero attached hydrogens (tertiary/aromatic N) is 1. The maximum atomic E-state index is 5.77. The zero-order chi connectivity index (χ0) is 13.2. The number of alkyl halides is 1. The van der Waals surface area contributed by atoms with Crippen LogP contribution in [0.15, 0.2) is 24.3 Å². The van der Waals surface area contributed by atoms with Crippen LogP contribution in [-0.2, 0) is 0 Å². The minimum absolute atomic E-state index is 0.650. The highest BCUT2D eigenvalue weighted by Gasteiger charge is 2.05. The third kappa shape index (κ3) is 5.15. The summed E-state index contributed by atoms with van der Waals surface area (Å²) in [4.78, 5) is 2.31. The molecule has 3 nitrogen and oxygen atoms in total. The third-order valence-electron chi connectivity index (χ3n) is 2.67. The van der Waals surface area contributed by atoms with E-state index < -0.39 is 0 Å². The molecule has 0 heterocycles. The Morgan fingerprint density at radius 3 is 2.44 bits per heavy atom. The second-order valence-electron chi connectivity index (χ2n) is 4.03. The van der Waals surface area contributed by atoms with Gasteiger partial charge >= 0.3 is 0 Å². The molecule has 0 aliphatic heterocycles. The molecular weight excluding hydrogens is 250 g/mol. The number of hydrogen-bond acceptors (Lipinski definition) is 3. The fourth-order valence-electron chi connectivity index (χ4n) is 1.79. The van der Waals surface area contributed by atoms with Crippen LogP contribution in [0.1, 0.15) is 13.3 Å². The lowest BCUT2D eigenvalue weighted by atomic mass is 10.3. The lowest BCUT2D eigenvalue weighted by molar-refractivity contribution is 0.211. The van der Waals surface area contributed by atoms with Crippen LogP contribution in [0.3, 0.4) is 0 Å². The second kappa shape index (κ2) is 9.06. The van der Waals surface area contributed by atoms with Crippen molar-refractivity contribution < 1.29 is 9.47 Å². The molecule has 0 radical (unpaired) electrons. The predicted octanol–water partition coefficient (Wildman–Crippen LogP) is 3.02. The van der Waals surface area contributed by atoms with Crippen LogP contribution in [0, 0.1) is 0 Å². The lowest BCUT2D eigenvalue weighted by Crippen LogP contribution is -2.31. The zero-order valence-corrected chi connectivity index (χ0v) is 11.9. The van der Waals surface area contributed by atoms with E-state index in [0.717, 1.165) is 37.6 Å². The van der Waals surface area contributed by atoms with E-state index in [1.807, 2.05) is 24.3 Å². The normalized spacial score (nSPS) is 10.7. The topological polar surface area (TPSA) is 21.7 Å². The smallest absolute Gasteiger partial charge is 0.161 e. The highest BCUT2D eigenvalue weighted by atomic mass is 35.5. The van der Waals surface area contributed by atoms with E-state index >= 15 is 0 Å². The van der Waals surface area contributed by atoms with Gasteiger partial charge in [-0.05, 0) is 25.1 Å². The quantitative estimate of drug-likeness (QED) is 0.645. The van der Waals surface area contributed by atoms with E-state index in [2.05, 4.69) is 11.8 Å². The van der Waals surface area contributed by atoms with Crippen LogP contribution < -0.4 is 9.47 Å². The zero-order valence-electron chi connectivity index (χ0n) is 11.2. The van der Waals surface area contributed by atoms with E-state index in [4.69, 9.17) is 21.1 Å². The van der Waals surface area contributed by atoms with E-state index in [1.54, 1.807) is 7.11 Å². The first-order valence-electron chi connectivity index (χ1n) is 6.36. The van der Waals surface area contributed by atoms with Crippen molar-refractivity contribution in [3.63, 3.8) is 0 Å². The Kier molecular flexibility index (Phi) is 7.62. The molecule has 1 aromatic carbocycles. The summed E-state index contributed by atoms with van der Waals surface area (Å²) in [5.74, 6) is 2.23. The van der Waals surface area contributed by atoms with Gasteiger partial charge in [-0.15, -0.1) is 11.6 Å². The number of benzene rings is 1. The first-order chi connectivity index (χ1) is 8.81. The van der Waals surface area contributed by atoms with Gasteiger partial charge in [-0.1, -0.05) is 19.1 Å². The van der Waals surface area contributed by atoms with Gasteiger partial charge in [-0.3, -0.25) is 4.90 Å². The Hall–Kier alpha value is -0.930. The summed E-state index contributed by atoms with van der Waals surface area (Å²) in [6, 6.07) is 7.70. The van der Waals surface area contributed by atoms with Gasteiger partial charge in [0, 0.05) is 19.0 Å². The molecule has 0 saturated heterocycles. The number of para-hydroxylation sites is 2. The molecule has 0 unspecified atom stereocenters. The van der Waals surface area contributed by atoms with Crippen molar-refractivity contribution in [1.82, 2.24) is 4.90 Å². The standard InChI is InChI=1S/C14H22ClNO2/c1-3-9-16(10-8-15)11-12-18-14-7-5-4-6-13(14)17-2/h4-7H,3,8-12H2,1-2H3. The molecule has 0 fully saturated rings. The van der Waals surface area contributed by atoms with Crippen LogP contribution in [-0.4, -0.2) is 44.1 Å². The first-order valence-corrected chi connectivity index (χ1v) is 6.89. The Morgan fingerprint density at radius 1 is 1.11 bits per heavy atom. The molecular formula is C14H22ClNO2. The highest BCUT2D eigenvalue weighted by molar-refractivity contribution is 6.18. The van der Waals surface area contributed by atoms with Crippen molar-refractivity contribution in [2.24, 2.45) is 0 Å². The van der Waals surface area contributed by atoms with Crippen LogP contribution in [0.5, 0.6) is 11.5 Å². The van der Waals surface area contributed by atoms with Crippen molar-refractivity contribution in [1.29, 1.82) is 0 Å². The molecule has 4 heteroatoms. The van der Waals surface area contributed by atoms with E-state index in [9.17, 15) is 0 Å². The van der Waals surface area contributed by atoms with Crippen molar-refractivity contribution >= 4 is 11.6 Å². The van der Waals surface area contributed by atoms with Crippen LogP contribution >= 0.6 is 11.6 Å². The lowest BCUT2D eigenvalue weighted by Gasteiger charge is -2.20. The van der Waals surface area contributed by atoms with Crippen molar-refractivity contribution in [2.75, 3.05) is 39.2 Å². The highest BCUT2D eigenvalue weighted by Crippen LogP contribution is 2.25. The summed E-state index contributed by atoms with van der Waals surface area (Å²) in [7, 11) is 1.65. The van der Waals surface area contributed by atoms with Crippen LogP contribution in [0.4, 0.5) is 0 Å². The van der Waals surface area contributed by atoms with E-state index in [-0.39, 0.29) is 0 Å². The van der Waals surface area contributed by atoms with Crippen molar-refractivity contribution in [3.05, 3.63) is 24.3 Å². The molecule has 18 heavy (non-hydrogen) atoms. The van der Waals surface area contributed by atoms with Gasteiger partial charge in [0.15, 0.2) is 11.5 Å². The van der Waals surface area contributed by atoms with Gasteiger partial charge in [-0.25, -0.2) is 0 Å². The maximum Gasteiger partial charge on any atom is 0.161 e. The van der Waals surface area contributed by atoms with Crippen molar-refractivity contribution in [2.45, 2.75) is 13.3 Å². The Morgan fingerprint density at radius 2 is 1.83 bits per heavy atom. The van der Waals surface area contributed by atoms with Gasteiger partial charge < -0.3 is 9.47 Å². The molecule has 102 valence electrons. The molecule has 0 amide bonds. The third-order valence-corrected chi connectivity index (χ3v) is 2.84. The van der Waals surface area contributed by atoms with E-state index in [1.165, 1.54) is 0 Å². The number of methoxy groups -OCH3 is 1. The summed E-state index contributed by atoms with van der Waals surface area (Å²) in [5, 5.41) is 0.